The molecule has 0 aliphatic heterocycles. The first-order valence-electron chi connectivity index (χ1n) is 14.2. The van der Waals surface area contributed by atoms with E-state index in [0.29, 0.717) is 0 Å². The number of aromatic nitrogens is 1. The lowest BCUT2D eigenvalue weighted by Crippen LogP contribution is -2.31. The molecule has 2 heteroatoms. The van der Waals surface area contributed by atoms with Gasteiger partial charge in [-0.05, 0) is 68.6 Å². The molecule has 2 nitrogen and oxygen atoms in total. The Kier molecular flexibility index (Phi) is 5.63. The van der Waals surface area contributed by atoms with Crippen molar-refractivity contribution in [2.45, 2.75) is 12.8 Å². The molecule has 0 N–H and O–H groups in total. The molecule has 6 aromatic carbocycles. The summed E-state index contributed by atoms with van der Waals surface area (Å²) in [7, 11) is 0. The van der Waals surface area contributed by atoms with Gasteiger partial charge in [-0.25, -0.2) is 0 Å². The van der Waals surface area contributed by atoms with E-state index in [1.807, 2.05) is 12.4 Å². The maximum atomic E-state index is 6.99. The normalized spacial score (nSPS) is 12.6. The summed E-state index contributed by atoms with van der Waals surface area (Å²) in [5.41, 5.74) is 4.86. The smallest absolute Gasteiger partial charge is 0.142 e. The lowest BCUT2D eigenvalue weighted by Gasteiger charge is -2.19. The van der Waals surface area contributed by atoms with Gasteiger partial charge in [0.05, 0.1) is 0 Å². The highest BCUT2D eigenvalue weighted by molar-refractivity contribution is 6.08. The van der Waals surface area contributed by atoms with E-state index in [1.54, 1.807) is 0 Å². The fourth-order valence-corrected chi connectivity index (χ4v) is 6.39. The van der Waals surface area contributed by atoms with Gasteiger partial charge in [-0.1, -0.05) is 115 Å². The molecule has 7 aromatic rings. The average Bonchev–Trinajstić information content (AvgIpc) is 3.05. The van der Waals surface area contributed by atoms with Gasteiger partial charge >= 0.3 is 0 Å². The molecule has 1 aliphatic carbocycles. The first-order valence-corrected chi connectivity index (χ1v) is 14.2. The van der Waals surface area contributed by atoms with Crippen LogP contribution in [0.1, 0.15) is 12.8 Å². The van der Waals surface area contributed by atoms with Crippen molar-refractivity contribution in [3.8, 4) is 33.8 Å². The summed E-state index contributed by atoms with van der Waals surface area (Å²) in [5.74, 6) is 1.76. The van der Waals surface area contributed by atoms with Crippen LogP contribution in [0.15, 0.2) is 128 Å². The Balaban J connectivity index is 1.39. The molecule has 1 aromatic heterocycles. The minimum absolute atomic E-state index is 0.859. The topological polar surface area (TPSA) is 22.1 Å². The second kappa shape index (κ2) is 9.76. The van der Waals surface area contributed by atoms with Gasteiger partial charge in [0, 0.05) is 33.8 Å². The number of pyridine rings is 1. The molecule has 1 heterocycles. The van der Waals surface area contributed by atoms with Gasteiger partial charge in [-0.3, -0.25) is 4.98 Å². The highest BCUT2D eigenvalue weighted by atomic mass is 16.5. The number of hydrogen-bond donors (Lipinski definition) is 0. The number of nitrogens with zero attached hydrogens (tertiary/aromatic N) is 1. The van der Waals surface area contributed by atoms with Crippen molar-refractivity contribution < 1.29 is 4.74 Å². The molecule has 0 saturated heterocycles. The summed E-state index contributed by atoms with van der Waals surface area (Å²) in [6, 6.07) is 40.7. The Bertz CT molecular complexity index is 2230. The average molecular weight is 526 g/mol. The van der Waals surface area contributed by atoms with Crippen molar-refractivity contribution in [2.75, 3.05) is 0 Å². The number of ether oxygens (including phenoxy) is 1. The minimum atomic E-state index is 0.859. The van der Waals surface area contributed by atoms with Gasteiger partial charge in [0.1, 0.15) is 11.5 Å². The molecular formula is C39H27NO. The maximum absolute atomic E-state index is 6.99. The number of fused-ring (bicyclic) bond motifs is 4. The van der Waals surface area contributed by atoms with Crippen LogP contribution in [-0.4, -0.2) is 4.98 Å². The fourth-order valence-electron chi connectivity index (χ4n) is 6.39. The summed E-state index contributed by atoms with van der Waals surface area (Å²) in [6.07, 6.45) is 10.6. The van der Waals surface area contributed by atoms with E-state index in [2.05, 4.69) is 132 Å². The van der Waals surface area contributed by atoms with Gasteiger partial charge < -0.3 is 4.74 Å². The zero-order valence-electron chi connectivity index (χ0n) is 22.5. The van der Waals surface area contributed by atoms with Gasteiger partial charge in [0.15, 0.2) is 0 Å². The predicted octanol–water partition coefficient (Wildman–Crippen LogP) is 9.02. The lowest BCUT2D eigenvalue weighted by atomic mass is 9.89. The molecule has 0 unspecified atom stereocenters. The van der Waals surface area contributed by atoms with Crippen molar-refractivity contribution in [3.05, 3.63) is 138 Å². The quantitative estimate of drug-likeness (QED) is 0.229. The largest absolute Gasteiger partial charge is 0.455 e. The summed E-state index contributed by atoms with van der Waals surface area (Å²) < 4.78 is 6.99. The maximum Gasteiger partial charge on any atom is 0.142 e. The van der Waals surface area contributed by atoms with Gasteiger partial charge in [0.25, 0.3) is 0 Å². The van der Waals surface area contributed by atoms with E-state index in [-0.39, 0.29) is 0 Å². The third-order valence-corrected chi connectivity index (χ3v) is 8.24. The molecule has 0 amide bonds. The van der Waals surface area contributed by atoms with Gasteiger partial charge in [-0.2, -0.15) is 0 Å². The molecule has 8 rings (SSSR count). The van der Waals surface area contributed by atoms with Crippen molar-refractivity contribution >= 4 is 44.5 Å². The summed E-state index contributed by atoms with van der Waals surface area (Å²) in [4.78, 5) is 4.59. The monoisotopic (exact) mass is 525 g/mol. The predicted molar refractivity (Wildman–Crippen MR) is 172 cm³/mol. The van der Waals surface area contributed by atoms with Gasteiger partial charge in [0.2, 0.25) is 0 Å². The van der Waals surface area contributed by atoms with Crippen LogP contribution >= 0.6 is 0 Å². The fraction of sp³-hybridized carbons (Fsp3) is 0.0513. The Labute approximate surface area is 238 Å². The van der Waals surface area contributed by atoms with Crippen LogP contribution in [0.5, 0.6) is 11.5 Å². The Morgan fingerprint density at radius 2 is 1.24 bits per heavy atom. The molecule has 0 spiro atoms. The zero-order valence-corrected chi connectivity index (χ0v) is 22.5. The molecule has 194 valence electrons. The molecule has 41 heavy (non-hydrogen) atoms. The highest BCUT2D eigenvalue weighted by Gasteiger charge is 2.19. The van der Waals surface area contributed by atoms with Crippen molar-refractivity contribution in [2.24, 2.45) is 0 Å². The number of benzene rings is 6. The molecule has 0 fully saturated rings. The van der Waals surface area contributed by atoms with Crippen molar-refractivity contribution in [3.63, 3.8) is 0 Å². The second-order valence-electron chi connectivity index (χ2n) is 10.6. The zero-order chi connectivity index (χ0) is 27.2. The van der Waals surface area contributed by atoms with Crippen LogP contribution in [0.25, 0.3) is 66.7 Å². The summed E-state index contributed by atoms with van der Waals surface area (Å²) >= 11 is 0. The van der Waals surface area contributed by atoms with E-state index in [9.17, 15) is 0 Å². The Morgan fingerprint density at radius 3 is 2.12 bits per heavy atom. The van der Waals surface area contributed by atoms with Crippen LogP contribution < -0.4 is 15.2 Å². The highest BCUT2D eigenvalue weighted by Crippen LogP contribution is 2.39. The Hall–Kier alpha value is -5.21. The van der Waals surface area contributed by atoms with E-state index in [0.717, 1.165) is 45.7 Å². The van der Waals surface area contributed by atoms with Crippen LogP contribution in [0, 0.1) is 0 Å². The van der Waals surface area contributed by atoms with Crippen LogP contribution in [0.3, 0.4) is 0 Å². The minimum Gasteiger partial charge on any atom is -0.455 e. The third kappa shape index (κ3) is 3.91. The standard InChI is InChI=1S/C39H27NO/c1-2-11-26(12-3-1)29-21-22-37(31-17-7-6-16-30(29)31)41-39-34-19-9-8-18-33(34)38(36-25-40-24-23-35(36)39)32-20-10-14-27-13-4-5-15-28(27)32/h1-7,10-25H,8-9H2. The van der Waals surface area contributed by atoms with E-state index >= 15 is 0 Å². The molecule has 0 atom stereocenters. The SMILES string of the molecule is C1=c2c(Oc3ccc(-c4ccccc4)c4ccccc34)c3ccncc3c(-c3cccc4ccccc34)c2=CCC1. The molecule has 0 radical (unpaired) electrons. The van der Waals surface area contributed by atoms with E-state index < -0.39 is 0 Å². The van der Waals surface area contributed by atoms with Crippen molar-refractivity contribution in [1.82, 2.24) is 4.98 Å². The van der Waals surface area contributed by atoms with Crippen LogP contribution in [0.2, 0.25) is 0 Å². The van der Waals surface area contributed by atoms with Crippen LogP contribution in [-0.2, 0) is 0 Å². The molecule has 0 saturated carbocycles. The van der Waals surface area contributed by atoms with Crippen LogP contribution in [0.4, 0.5) is 0 Å². The van der Waals surface area contributed by atoms with E-state index in [4.69, 9.17) is 4.74 Å². The molecular weight excluding hydrogens is 498 g/mol. The number of rotatable bonds is 4. The summed E-state index contributed by atoms with van der Waals surface area (Å²) in [5, 5.41) is 9.33. The first-order chi connectivity index (χ1) is 20.4. The molecule has 1 aliphatic rings. The lowest BCUT2D eigenvalue weighted by molar-refractivity contribution is 0.489. The first kappa shape index (κ1) is 23.7. The number of hydrogen-bond acceptors (Lipinski definition) is 2. The second-order valence-corrected chi connectivity index (χ2v) is 10.6. The van der Waals surface area contributed by atoms with E-state index in [1.165, 1.54) is 43.6 Å². The Morgan fingerprint density at radius 1 is 0.512 bits per heavy atom. The summed E-state index contributed by atoms with van der Waals surface area (Å²) in [6.45, 7) is 0. The molecule has 0 bridgehead atoms. The van der Waals surface area contributed by atoms with Crippen molar-refractivity contribution in [1.29, 1.82) is 0 Å². The third-order valence-electron chi connectivity index (χ3n) is 8.24. The van der Waals surface area contributed by atoms with Gasteiger partial charge in [-0.15, -0.1) is 0 Å².